The number of carbonyl (C=O) groups excluding carboxylic acids is 3. The average Bonchev–Trinajstić information content (AvgIpc) is 3.84. The molecular formula is C45H43F2N9O4. The van der Waals surface area contributed by atoms with E-state index in [0.717, 1.165) is 84.1 Å². The summed E-state index contributed by atoms with van der Waals surface area (Å²) in [6, 6.07) is 20.4. The predicted octanol–water partition coefficient (Wildman–Crippen LogP) is 5.78. The molecule has 3 fully saturated rings. The van der Waals surface area contributed by atoms with Crippen molar-refractivity contribution >= 4 is 56.9 Å². The molecule has 2 aromatic heterocycles. The number of ether oxygens (including phenoxy) is 1. The van der Waals surface area contributed by atoms with Gasteiger partial charge in [-0.15, -0.1) is 0 Å². The number of H-pyrrole nitrogens is 1. The van der Waals surface area contributed by atoms with E-state index in [2.05, 4.69) is 58.8 Å². The van der Waals surface area contributed by atoms with Crippen LogP contribution in [-0.4, -0.2) is 94.3 Å². The zero-order valence-electron chi connectivity index (χ0n) is 32.8. The molecular weight excluding hydrogens is 769 g/mol. The van der Waals surface area contributed by atoms with Gasteiger partial charge in [0.05, 0.1) is 35.0 Å². The van der Waals surface area contributed by atoms with Gasteiger partial charge in [-0.05, 0) is 97.5 Å². The lowest BCUT2D eigenvalue weighted by Crippen LogP contribution is -2.46. The normalized spacial score (nSPS) is 17.7. The largest absolute Gasteiger partial charge is 0.381 e. The van der Waals surface area contributed by atoms with Crippen LogP contribution in [-0.2, 0) is 20.7 Å². The van der Waals surface area contributed by atoms with Gasteiger partial charge in [0, 0.05) is 80.2 Å². The zero-order chi connectivity index (χ0) is 41.2. The van der Waals surface area contributed by atoms with Gasteiger partial charge in [-0.2, -0.15) is 5.10 Å². The number of anilines is 3. The maximum Gasteiger partial charge on any atom is 0.258 e. The van der Waals surface area contributed by atoms with Gasteiger partial charge in [0.1, 0.15) is 17.7 Å². The van der Waals surface area contributed by atoms with E-state index in [1.165, 1.54) is 12.1 Å². The summed E-state index contributed by atoms with van der Waals surface area (Å²) in [4.78, 5) is 47.2. The van der Waals surface area contributed by atoms with Crippen LogP contribution >= 0.6 is 0 Å². The minimum Gasteiger partial charge on any atom is -0.381 e. The molecule has 1 unspecified atom stereocenters. The minimum absolute atomic E-state index is 0.152. The molecule has 3 amide bonds. The molecule has 0 aliphatic carbocycles. The Morgan fingerprint density at radius 1 is 0.900 bits per heavy atom. The lowest BCUT2D eigenvalue weighted by atomic mass is 10.0. The van der Waals surface area contributed by atoms with Crippen molar-refractivity contribution in [3.8, 4) is 11.8 Å². The van der Waals surface area contributed by atoms with Crippen LogP contribution in [0, 0.1) is 23.5 Å². The quantitative estimate of drug-likeness (QED) is 0.105. The maximum atomic E-state index is 14.0. The van der Waals surface area contributed by atoms with E-state index in [-0.39, 0.29) is 23.8 Å². The van der Waals surface area contributed by atoms with Crippen LogP contribution in [0.4, 0.5) is 26.0 Å². The van der Waals surface area contributed by atoms with Crippen molar-refractivity contribution in [3.63, 3.8) is 0 Å². The van der Waals surface area contributed by atoms with Crippen LogP contribution in [0.3, 0.4) is 0 Å². The number of imide groups is 1. The Morgan fingerprint density at radius 2 is 1.72 bits per heavy atom. The number of carbonyl (C=O) groups is 3. The van der Waals surface area contributed by atoms with E-state index in [9.17, 15) is 23.2 Å². The molecule has 15 heteroatoms. The van der Waals surface area contributed by atoms with Crippen molar-refractivity contribution in [1.82, 2.24) is 30.0 Å². The summed E-state index contributed by atoms with van der Waals surface area (Å²) in [5.41, 5.74) is 6.69. The molecule has 0 saturated carbocycles. The molecule has 306 valence electrons. The van der Waals surface area contributed by atoms with Gasteiger partial charge in [0.15, 0.2) is 5.82 Å². The molecule has 1 atom stereocenters. The summed E-state index contributed by atoms with van der Waals surface area (Å²) >= 11 is 0. The number of hydrogen-bond acceptors (Lipinski definition) is 9. The third kappa shape index (κ3) is 8.56. The molecule has 5 heterocycles. The van der Waals surface area contributed by atoms with Crippen molar-refractivity contribution in [2.75, 3.05) is 61.5 Å². The smallest absolute Gasteiger partial charge is 0.258 e. The van der Waals surface area contributed by atoms with Gasteiger partial charge >= 0.3 is 0 Å². The number of halogens is 2. The Morgan fingerprint density at radius 3 is 2.52 bits per heavy atom. The summed E-state index contributed by atoms with van der Waals surface area (Å²) in [6.45, 7) is 5.12. The number of amides is 3. The van der Waals surface area contributed by atoms with Crippen molar-refractivity contribution in [2.24, 2.45) is 0 Å². The average molecular weight is 812 g/mol. The van der Waals surface area contributed by atoms with Crippen LogP contribution in [0.25, 0.3) is 21.9 Å². The molecule has 3 saturated heterocycles. The second-order valence-electron chi connectivity index (χ2n) is 15.5. The fourth-order valence-electron chi connectivity index (χ4n) is 8.22. The molecule has 4 aromatic carbocycles. The van der Waals surface area contributed by atoms with Gasteiger partial charge < -0.3 is 24.8 Å². The first kappa shape index (κ1) is 38.9. The van der Waals surface area contributed by atoms with Crippen molar-refractivity contribution in [3.05, 3.63) is 113 Å². The molecule has 3 aliphatic rings. The number of nitrogens with zero attached hydrogens (tertiary/aromatic N) is 5. The number of nitrogens with one attached hydrogen (secondary N) is 4. The van der Waals surface area contributed by atoms with Crippen LogP contribution in [0.5, 0.6) is 0 Å². The zero-order valence-corrected chi connectivity index (χ0v) is 32.8. The number of imidazole rings is 1. The fraction of sp³-hybridized carbons (Fsp3) is 0.311. The summed E-state index contributed by atoms with van der Waals surface area (Å²) < 4.78 is 35.2. The highest BCUT2D eigenvalue weighted by Crippen LogP contribution is 2.30. The SMILES string of the molecule is O=C1CCC(n2cnc3cc(C#CCN4CCN(c5ccc(C(=O)Nc6n[nH]c7ccc(Cc8cc(F)cc(F)c8)cc67)c(NC6CCOCC6)c5)CC4)ccc32)C(=O)N1. The van der Waals surface area contributed by atoms with Gasteiger partial charge in [-0.3, -0.25) is 29.7 Å². The fourth-order valence-corrected chi connectivity index (χ4v) is 8.22. The number of aromatic amines is 1. The first-order valence-electron chi connectivity index (χ1n) is 20.2. The summed E-state index contributed by atoms with van der Waals surface area (Å²) in [6.07, 6.45) is 4.36. The minimum atomic E-state index is -0.630. The highest BCUT2D eigenvalue weighted by Gasteiger charge is 2.29. The van der Waals surface area contributed by atoms with E-state index in [1.807, 2.05) is 53.1 Å². The molecule has 60 heavy (non-hydrogen) atoms. The third-order valence-corrected chi connectivity index (χ3v) is 11.4. The Bertz CT molecular complexity index is 2650. The molecule has 3 aliphatic heterocycles. The molecule has 6 aromatic rings. The molecule has 9 rings (SSSR count). The van der Waals surface area contributed by atoms with Crippen LogP contribution in [0.1, 0.15) is 58.8 Å². The second-order valence-corrected chi connectivity index (χ2v) is 15.5. The number of benzene rings is 4. The van der Waals surface area contributed by atoms with Gasteiger partial charge in [0.2, 0.25) is 11.8 Å². The molecule has 0 spiro atoms. The van der Waals surface area contributed by atoms with E-state index in [1.54, 1.807) is 6.33 Å². The number of piperazine rings is 1. The van der Waals surface area contributed by atoms with Crippen molar-refractivity contribution in [1.29, 1.82) is 0 Å². The highest BCUT2D eigenvalue weighted by molar-refractivity contribution is 6.11. The standard InChI is InChI=1S/C45H43F2N9O4/c46-31-21-30(22-32(47)25-31)20-29-3-7-37-36(23-29)43(53-52-37)51-44(58)35-6-5-34(26-38(35)49-33-11-18-60-19-12-33)55-16-14-54(15-17-55)13-1-2-28-4-8-40-39(24-28)48-27-56(40)41-9-10-42(57)50-45(41)59/h3-8,21-27,33,41,49H,9-20H2,(H,50,57,59)(H2,51,52,53,58). The molecule has 4 N–H and O–H groups in total. The topological polar surface area (TPSA) is 150 Å². The van der Waals surface area contributed by atoms with E-state index in [0.29, 0.717) is 61.4 Å². The summed E-state index contributed by atoms with van der Waals surface area (Å²) in [5.74, 6) is 4.83. The first-order valence-corrected chi connectivity index (χ1v) is 20.2. The Balaban J connectivity index is 0.855. The van der Waals surface area contributed by atoms with Crippen LogP contribution in [0.2, 0.25) is 0 Å². The summed E-state index contributed by atoms with van der Waals surface area (Å²) in [7, 11) is 0. The van der Waals surface area contributed by atoms with Crippen molar-refractivity contribution in [2.45, 2.75) is 44.2 Å². The maximum absolute atomic E-state index is 14.0. The number of hydrogen-bond donors (Lipinski definition) is 4. The van der Waals surface area contributed by atoms with Gasteiger partial charge in [0.25, 0.3) is 5.91 Å². The van der Waals surface area contributed by atoms with E-state index in [4.69, 9.17) is 4.74 Å². The Labute approximate surface area is 344 Å². The van der Waals surface area contributed by atoms with Crippen LogP contribution < -0.4 is 20.9 Å². The van der Waals surface area contributed by atoms with Gasteiger partial charge in [-0.25, -0.2) is 13.8 Å². The Hall–Kier alpha value is -6.63. The lowest BCUT2D eigenvalue weighted by Gasteiger charge is -2.35. The van der Waals surface area contributed by atoms with E-state index < -0.39 is 17.7 Å². The third-order valence-electron chi connectivity index (χ3n) is 11.4. The Kier molecular flexibility index (Phi) is 11.0. The van der Waals surface area contributed by atoms with Crippen molar-refractivity contribution < 1.29 is 27.9 Å². The molecule has 0 radical (unpaired) electrons. The predicted molar refractivity (Wildman–Crippen MR) is 224 cm³/mol. The number of piperidine rings is 1. The first-order chi connectivity index (χ1) is 29.2. The molecule has 13 nitrogen and oxygen atoms in total. The number of fused-ring (bicyclic) bond motifs is 2. The highest BCUT2D eigenvalue weighted by atomic mass is 19.1. The second kappa shape index (κ2) is 16.9. The lowest BCUT2D eigenvalue weighted by molar-refractivity contribution is -0.135. The number of aromatic nitrogens is 4. The molecule has 0 bridgehead atoms. The van der Waals surface area contributed by atoms with Crippen LogP contribution in [0.15, 0.2) is 79.1 Å². The van der Waals surface area contributed by atoms with E-state index >= 15 is 0 Å². The monoisotopic (exact) mass is 811 g/mol. The van der Waals surface area contributed by atoms with Gasteiger partial charge in [-0.1, -0.05) is 17.9 Å². The number of rotatable bonds is 9. The summed E-state index contributed by atoms with van der Waals surface area (Å²) in [5, 5.41) is 17.1.